The Balaban J connectivity index is 1.45. The molecule has 2 amide bonds. The second kappa shape index (κ2) is 10.9. The number of ether oxygens (including phenoxy) is 1. The van der Waals surface area contributed by atoms with Gasteiger partial charge in [-0.3, -0.25) is 14.6 Å². The van der Waals surface area contributed by atoms with Crippen LogP contribution in [0.15, 0.2) is 52.8 Å². The van der Waals surface area contributed by atoms with Crippen molar-refractivity contribution in [3.05, 3.63) is 59.3 Å². The SMILES string of the molecule is CCc1ccc(C(C#N)NC(=O)C2CN(CCNC(=O)c3cccc(OC)n3)N=N2)cc1. The summed E-state index contributed by atoms with van der Waals surface area (Å²) in [5.74, 6) is -0.343. The molecule has 0 spiro atoms. The number of hydrogen-bond acceptors (Lipinski definition) is 8. The van der Waals surface area contributed by atoms with Crippen molar-refractivity contribution in [1.82, 2.24) is 20.6 Å². The maximum atomic E-state index is 12.6. The van der Waals surface area contributed by atoms with Crippen molar-refractivity contribution in [3.8, 4) is 11.9 Å². The molecule has 2 unspecified atom stereocenters. The van der Waals surface area contributed by atoms with E-state index in [9.17, 15) is 14.9 Å². The lowest BCUT2D eigenvalue weighted by molar-refractivity contribution is -0.122. The Bertz CT molecular complexity index is 1020. The molecule has 2 aromatic rings. The van der Waals surface area contributed by atoms with Crippen LogP contribution >= 0.6 is 0 Å². The van der Waals surface area contributed by atoms with E-state index in [0.29, 0.717) is 19.0 Å². The van der Waals surface area contributed by atoms with E-state index in [1.807, 2.05) is 24.3 Å². The maximum absolute atomic E-state index is 12.6. The van der Waals surface area contributed by atoms with Crippen LogP contribution < -0.4 is 15.4 Å². The van der Waals surface area contributed by atoms with Gasteiger partial charge in [0.25, 0.3) is 5.91 Å². The molecule has 0 saturated carbocycles. The standard InChI is InChI=1S/C22H25N7O3/c1-3-15-7-9-16(10-8-15)18(13-23)26-22(31)19-14-29(28-27-19)12-11-24-21(30)17-5-4-6-20(25-17)32-2/h4-10,18-19H,3,11-12,14H2,1-2H3,(H,24,30)(H,26,31). The zero-order valence-corrected chi connectivity index (χ0v) is 18.0. The molecular weight excluding hydrogens is 410 g/mol. The normalized spacial score (nSPS) is 15.7. The number of rotatable bonds is 9. The summed E-state index contributed by atoms with van der Waals surface area (Å²) in [4.78, 5) is 28.8. The van der Waals surface area contributed by atoms with Crippen LogP contribution in [0, 0.1) is 11.3 Å². The van der Waals surface area contributed by atoms with E-state index >= 15 is 0 Å². The van der Waals surface area contributed by atoms with Crippen molar-refractivity contribution in [3.63, 3.8) is 0 Å². The third kappa shape index (κ3) is 5.78. The van der Waals surface area contributed by atoms with Crippen molar-refractivity contribution < 1.29 is 14.3 Å². The van der Waals surface area contributed by atoms with E-state index in [-0.39, 0.29) is 24.1 Å². The van der Waals surface area contributed by atoms with Gasteiger partial charge in [-0.1, -0.05) is 42.5 Å². The number of nitrogens with zero attached hydrogens (tertiary/aromatic N) is 5. The molecule has 166 valence electrons. The third-order valence-electron chi connectivity index (χ3n) is 4.96. The first-order valence-electron chi connectivity index (χ1n) is 10.3. The van der Waals surface area contributed by atoms with E-state index in [4.69, 9.17) is 4.74 Å². The van der Waals surface area contributed by atoms with Gasteiger partial charge in [0, 0.05) is 12.6 Å². The molecule has 10 nitrogen and oxygen atoms in total. The van der Waals surface area contributed by atoms with Crippen LogP contribution in [0.5, 0.6) is 5.88 Å². The Hall–Kier alpha value is -4.00. The molecule has 0 aliphatic carbocycles. The molecule has 0 radical (unpaired) electrons. The van der Waals surface area contributed by atoms with Gasteiger partial charge in [0.1, 0.15) is 11.7 Å². The predicted octanol–water partition coefficient (Wildman–Crippen LogP) is 1.81. The highest BCUT2D eigenvalue weighted by Gasteiger charge is 2.28. The Morgan fingerprint density at radius 2 is 2.06 bits per heavy atom. The summed E-state index contributed by atoms with van der Waals surface area (Å²) in [6.07, 6.45) is 0.901. The molecule has 0 bridgehead atoms. The van der Waals surface area contributed by atoms with Crippen LogP contribution in [0.25, 0.3) is 0 Å². The molecule has 2 atom stereocenters. The average Bonchev–Trinajstić information content (AvgIpc) is 3.31. The van der Waals surface area contributed by atoms with E-state index in [1.165, 1.54) is 7.11 Å². The fraction of sp³-hybridized carbons (Fsp3) is 0.364. The lowest BCUT2D eigenvalue weighted by Gasteiger charge is -2.16. The fourth-order valence-electron chi connectivity index (χ4n) is 3.10. The number of carbonyl (C=O) groups excluding carboxylic acids is 2. The molecule has 10 heteroatoms. The van der Waals surface area contributed by atoms with Gasteiger partial charge >= 0.3 is 0 Å². The molecule has 32 heavy (non-hydrogen) atoms. The molecule has 3 rings (SSSR count). The number of amides is 2. The van der Waals surface area contributed by atoms with E-state index in [1.54, 1.807) is 23.2 Å². The summed E-state index contributed by atoms with van der Waals surface area (Å²) < 4.78 is 5.01. The Labute approximate surface area is 186 Å². The number of methoxy groups -OCH3 is 1. The molecule has 1 aliphatic rings. The highest BCUT2D eigenvalue weighted by Crippen LogP contribution is 2.16. The van der Waals surface area contributed by atoms with Crippen molar-refractivity contribution in [2.24, 2.45) is 10.3 Å². The van der Waals surface area contributed by atoms with Gasteiger partial charge in [0.05, 0.1) is 26.3 Å². The molecule has 2 N–H and O–H groups in total. The number of nitrogens with one attached hydrogen (secondary N) is 2. The van der Waals surface area contributed by atoms with Gasteiger partial charge < -0.3 is 15.4 Å². The van der Waals surface area contributed by atoms with Crippen LogP contribution in [0.2, 0.25) is 0 Å². The van der Waals surface area contributed by atoms with Crippen LogP contribution in [0.3, 0.4) is 0 Å². The van der Waals surface area contributed by atoms with E-state index < -0.39 is 12.1 Å². The van der Waals surface area contributed by atoms with Gasteiger partial charge in [0.15, 0.2) is 6.04 Å². The van der Waals surface area contributed by atoms with Crippen LogP contribution in [-0.4, -0.2) is 54.6 Å². The van der Waals surface area contributed by atoms with Crippen molar-refractivity contribution in [2.45, 2.75) is 25.4 Å². The minimum Gasteiger partial charge on any atom is -0.481 e. The number of pyridine rings is 1. The number of hydrogen-bond donors (Lipinski definition) is 2. The van der Waals surface area contributed by atoms with Gasteiger partial charge in [-0.25, -0.2) is 4.98 Å². The molecule has 0 fully saturated rings. The lowest BCUT2D eigenvalue weighted by atomic mass is 10.0. The lowest BCUT2D eigenvalue weighted by Crippen LogP contribution is -2.40. The first-order chi connectivity index (χ1) is 15.5. The number of nitriles is 1. The second-order valence-corrected chi connectivity index (χ2v) is 7.12. The van der Waals surface area contributed by atoms with Crippen molar-refractivity contribution in [2.75, 3.05) is 26.7 Å². The molecular formula is C22H25N7O3. The summed E-state index contributed by atoms with van der Waals surface area (Å²) >= 11 is 0. The monoisotopic (exact) mass is 435 g/mol. The highest BCUT2D eigenvalue weighted by molar-refractivity contribution is 5.92. The maximum Gasteiger partial charge on any atom is 0.270 e. The van der Waals surface area contributed by atoms with E-state index in [2.05, 4.69) is 38.9 Å². The average molecular weight is 435 g/mol. The first kappa shape index (κ1) is 22.7. The summed E-state index contributed by atoms with van der Waals surface area (Å²) in [6, 6.07) is 13.1. The number of aryl methyl sites for hydroxylation is 1. The quantitative estimate of drug-likeness (QED) is 0.617. The van der Waals surface area contributed by atoms with Gasteiger partial charge in [-0.15, -0.1) is 0 Å². The molecule has 1 aromatic heterocycles. The first-order valence-corrected chi connectivity index (χ1v) is 10.3. The fourth-order valence-corrected chi connectivity index (χ4v) is 3.10. The molecule has 2 heterocycles. The minimum atomic E-state index is -0.757. The van der Waals surface area contributed by atoms with Crippen LogP contribution in [0.1, 0.15) is 34.6 Å². The summed E-state index contributed by atoms with van der Waals surface area (Å²) in [7, 11) is 1.48. The largest absolute Gasteiger partial charge is 0.481 e. The van der Waals surface area contributed by atoms with Crippen LogP contribution in [-0.2, 0) is 11.2 Å². The summed E-state index contributed by atoms with van der Waals surface area (Å²) in [5, 5.41) is 24.5. The van der Waals surface area contributed by atoms with Gasteiger partial charge in [0.2, 0.25) is 11.8 Å². The Morgan fingerprint density at radius 3 is 2.75 bits per heavy atom. The third-order valence-corrected chi connectivity index (χ3v) is 4.96. The van der Waals surface area contributed by atoms with Crippen molar-refractivity contribution >= 4 is 11.8 Å². The molecule has 1 aliphatic heterocycles. The minimum absolute atomic E-state index is 0.249. The number of aromatic nitrogens is 1. The molecule has 0 saturated heterocycles. The summed E-state index contributed by atoms with van der Waals surface area (Å²) in [5.41, 5.74) is 2.13. The second-order valence-electron chi connectivity index (χ2n) is 7.12. The smallest absolute Gasteiger partial charge is 0.270 e. The molecule has 1 aromatic carbocycles. The van der Waals surface area contributed by atoms with Crippen molar-refractivity contribution in [1.29, 1.82) is 5.26 Å². The van der Waals surface area contributed by atoms with Crippen LogP contribution in [0.4, 0.5) is 0 Å². The number of carbonyl (C=O) groups is 2. The van der Waals surface area contributed by atoms with E-state index in [0.717, 1.165) is 17.5 Å². The Morgan fingerprint density at radius 1 is 1.28 bits per heavy atom. The number of benzene rings is 1. The van der Waals surface area contributed by atoms with Gasteiger partial charge in [-0.05, 0) is 23.6 Å². The topological polar surface area (TPSA) is 132 Å². The zero-order chi connectivity index (χ0) is 22.9. The van der Waals surface area contributed by atoms with Gasteiger partial charge in [-0.2, -0.15) is 10.4 Å². The summed E-state index contributed by atoms with van der Waals surface area (Å²) in [6.45, 7) is 3.00. The Kier molecular flexibility index (Phi) is 7.70. The zero-order valence-electron chi connectivity index (χ0n) is 18.0. The highest BCUT2D eigenvalue weighted by atomic mass is 16.5. The predicted molar refractivity (Wildman–Crippen MR) is 116 cm³/mol.